The van der Waals surface area contributed by atoms with Crippen molar-refractivity contribution in [3.63, 3.8) is 0 Å². The fourth-order valence-electron chi connectivity index (χ4n) is 6.59. The molecule has 0 aliphatic heterocycles. The summed E-state index contributed by atoms with van der Waals surface area (Å²) in [5.74, 6) is -0.474. The normalized spacial score (nSPS) is 23.8. The van der Waals surface area contributed by atoms with Crippen LogP contribution in [0, 0.1) is 0 Å². The Hall–Kier alpha value is -0.660. The summed E-state index contributed by atoms with van der Waals surface area (Å²) in [4.78, 5) is 23.0. The molecule has 0 spiro atoms. The first kappa shape index (κ1) is 49.4. The third kappa shape index (κ3) is 24.0. The Balaban J connectivity index is 2.44. The lowest BCUT2D eigenvalue weighted by atomic mass is 9.85. The van der Waals surface area contributed by atoms with Gasteiger partial charge in [0.05, 0.1) is 13.2 Å². The van der Waals surface area contributed by atoms with Gasteiger partial charge in [0.1, 0.15) is 42.7 Å². The Morgan fingerprint density at radius 3 is 1.33 bits per heavy atom. The fourth-order valence-corrected chi connectivity index (χ4v) is 7.56. The lowest BCUT2D eigenvalue weighted by molar-refractivity contribution is -0.220. The number of unbranched alkanes of at least 4 members (excludes halogenated alkanes) is 23. The molecule has 13 heteroatoms. The number of hydrogen-bond donors (Lipinski definition) is 6. The molecule has 1 rings (SSSR count). The van der Waals surface area contributed by atoms with Gasteiger partial charge in [-0.15, -0.1) is 0 Å². The lowest BCUT2D eigenvalue weighted by Gasteiger charge is -2.41. The van der Waals surface area contributed by atoms with Crippen LogP contribution in [0.1, 0.15) is 181 Å². The van der Waals surface area contributed by atoms with Crippen molar-refractivity contribution in [1.82, 2.24) is 0 Å². The molecule has 12 nitrogen and oxygen atoms in total. The van der Waals surface area contributed by atoms with Crippen LogP contribution in [0.2, 0.25) is 0 Å². The van der Waals surface area contributed by atoms with Gasteiger partial charge in [0.15, 0.2) is 0 Å². The zero-order chi connectivity index (χ0) is 38.5. The molecule has 6 atom stereocenters. The van der Waals surface area contributed by atoms with E-state index in [1.54, 1.807) is 0 Å². The highest BCUT2D eigenvalue weighted by atomic mass is 31.2. The van der Waals surface area contributed by atoms with Crippen LogP contribution in [-0.2, 0) is 27.9 Å². The predicted molar refractivity (Wildman–Crippen MR) is 203 cm³/mol. The number of carbonyl (C=O) groups excluding carboxylic acids is 1. The number of aliphatic hydroxyl groups is 5. The maximum Gasteiger partial charge on any atom is 0.472 e. The minimum absolute atomic E-state index is 0.0688. The van der Waals surface area contributed by atoms with E-state index in [2.05, 4.69) is 13.8 Å². The van der Waals surface area contributed by atoms with Crippen molar-refractivity contribution in [3.05, 3.63) is 0 Å². The van der Waals surface area contributed by atoms with Crippen LogP contribution < -0.4 is 0 Å². The molecule has 0 amide bonds. The molecule has 0 aromatic carbocycles. The van der Waals surface area contributed by atoms with Crippen LogP contribution in [0.25, 0.3) is 0 Å². The van der Waals surface area contributed by atoms with Gasteiger partial charge in [-0.05, 0) is 12.8 Å². The highest BCUT2D eigenvalue weighted by molar-refractivity contribution is 7.47. The van der Waals surface area contributed by atoms with Crippen LogP contribution >= 0.6 is 7.82 Å². The number of esters is 1. The zero-order valence-corrected chi connectivity index (χ0v) is 33.5. The fraction of sp³-hybridized carbons (Fsp3) is 0.974. The Labute approximate surface area is 315 Å². The van der Waals surface area contributed by atoms with Crippen LogP contribution in [-0.4, -0.2) is 98.9 Å². The number of ether oxygens (including phenoxy) is 2. The van der Waals surface area contributed by atoms with Gasteiger partial charge in [-0.25, -0.2) is 4.57 Å². The van der Waals surface area contributed by atoms with Gasteiger partial charge in [-0.1, -0.05) is 162 Å². The van der Waals surface area contributed by atoms with E-state index in [9.17, 15) is 39.8 Å². The molecule has 1 fully saturated rings. The third-order valence-corrected chi connectivity index (χ3v) is 11.0. The molecule has 0 aromatic heterocycles. The molecular weight excluding hydrogens is 691 g/mol. The highest BCUT2D eigenvalue weighted by Crippen LogP contribution is 2.47. The van der Waals surface area contributed by atoms with E-state index in [1.807, 2.05) is 0 Å². The van der Waals surface area contributed by atoms with E-state index in [0.717, 1.165) is 38.5 Å². The first-order chi connectivity index (χ1) is 25.0. The molecule has 1 aliphatic rings. The van der Waals surface area contributed by atoms with E-state index in [0.29, 0.717) is 13.0 Å². The number of carbonyl (C=O) groups is 1. The van der Waals surface area contributed by atoms with E-state index in [-0.39, 0.29) is 13.0 Å². The van der Waals surface area contributed by atoms with Crippen molar-refractivity contribution >= 4 is 13.8 Å². The van der Waals surface area contributed by atoms with Gasteiger partial charge < -0.3 is 39.9 Å². The van der Waals surface area contributed by atoms with Crippen molar-refractivity contribution in [2.24, 2.45) is 0 Å². The van der Waals surface area contributed by atoms with E-state index < -0.39 is 63.1 Å². The molecule has 6 unspecified atom stereocenters. The number of hydrogen-bond acceptors (Lipinski definition) is 11. The van der Waals surface area contributed by atoms with Crippen molar-refractivity contribution in [2.75, 3.05) is 19.8 Å². The third-order valence-electron chi connectivity index (χ3n) is 9.98. The Morgan fingerprint density at radius 1 is 0.538 bits per heavy atom. The van der Waals surface area contributed by atoms with Crippen molar-refractivity contribution in [1.29, 1.82) is 0 Å². The van der Waals surface area contributed by atoms with Gasteiger partial charge in [0, 0.05) is 13.0 Å². The molecule has 52 heavy (non-hydrogen) atoms. The lowest BCUT2D eigenvalue weighted by Crippen LogP contribution is -2.64. The average Bonchev–Trinajstić information content (AvgIpc) is 3.12. The largest absolute Gasteiger partial charge is 0.472 e. The maximum absolute atomic E-state index is 12.8. The summed E-state index contributed by atoms with van der Waals surface area (Å²) in [7, 11) is -5.00. The summed E-state index contributed by atoms with van der Waals surface area (Å²) < 4.78 is 34.0. The molecule has 0 bridgehead atoms. The summed E-state index contributed by atoms with van der Waals surface area (Å²) in [5, 5.41) is 50.0. The van der Waals surface area contributed by atoms with E-state index in [4.69, 9.17) is 18.5 Å². The molecule has 0 heterocycles. The van der Waals surface area contributed by atoms with Crippen molar-refractivity contribution < 1.29 is 58.3 Å². The zero-order valence-electron chi connectivity index (χ0n) is 32.6. The topological polar surface area (TPSA) is 192 Å². The maximum atomic E-state index is 12.8. The molecular formula is C39H77O12P. The van der Waals surface area contributed by atoms with E-state index in [1.165, 1.54) is 116 Å². The standard InChI is InChI=1S/C39H77O12P/c1-3-5-7-9-11-13-15-17-18-20-22-24-26-28-33(40)50-32(30-48-29-27-25-23-21-19-16-14-12-10-8-6-4-2)31-49-52(46,47)51-39-37(44)35(42)34(41)36(43)38(39)45/h32,34-39,41-45H,3-31H2,1-2H3,(H,46,47). The second-order valence-electron chi connectivity index (χ2n) is 14.9. The molecule has 1 saturated carbocycles. The number of phosphoric ester groups is 1. The van der Waals surface area contributed by atoms with Crippen LogP contribution in [0.3, 0.4) is 0 Å². The summed E-state index contributed by atoms with van der Waals surface area (Å²) in [6, 6.07) is 0. The van der Waals surface area contributed by atoms with Crippen molar-refractivity contribution in [3.8, 4) is 0 Å². The molecule has 0 saturated heterocycles. The first-order valence-electron chi connectivity index (χ1n) is 20.9. The van der Waals surface area contributed by atoms with Gasteiger partial charge in [0.25, 0.3) is 0 Å². The van der Waals surface area contributed by atoms with Gasteiger partial charge in [0.2, 0.25) is 0 Å². The number of rotatable bonds is 35. The van der Waals surface area contributed by atoms with Crippen LogP contribution in [0.4, 0.5) is 0 Å². The molecule has 310 valence electrons. The number of phosphoric acid groups is 1. The van der Waals surface area contributed by atoms with E-state index >= 15 is 0 Å². The molecule has 0 radical (unpaired) electrons. The first-order valence-corrected chi connectivity index (χ1v) is 22.4. The summed E-state index contributed by atoms with van der Waals surface area (Å²) in [6.45, 7) is 4.26. The predicted octanol–water partition coefficient (Wildman–Crippen LogP) is 7.42. The SMILES string of the molecule is CCCCCCCCCCCCCCCC(=O)OC(COCCCCCCCCCCCCCC)COP(=O)(O)OC1C(O)C(O)C(O)C(O)C1O. The van der Waals surface area contributed by atoms with Crippen LogP contribution in [0.15, 0.2) is 0 Å². The van der Waals surface area contributed by atoms with Gasteiger partial charge in [-0.3, -0.25) is 13.8 Å². The Bertz CT molecular complexity index is 879. The second-order valence-corrected chi connectivity index (χ2v) is 16.3. The minimum Gasteiger partial charge on any atom is -0.457 e. The molecule has 6 N–H and O–H groups in total. The van der Waals surface area contributed by atoms with Gasteiger partial charge >= 0.3 is 13.8 Å². The number of aliphatic hydroxyl groups excluding tert-OH is 5. The quantitative estimate of drug-likeness (QED) is 0.0213. The smallest absolute Gasteiger partial charge is 0.457 e. The van der Waals surface area contributed by atoms with Gasteiger partial charge in [-0.2, -0.15) is 0 Å². The second kappa shape index (κ2) is 31.5. The minimum atomic E-state index is -5.00. The Kier molecular flexibility index (Phi) is 29.9. The summed E-state index contributed by atoms with van der Waals surface area (Å²) >= 11 is 0. The van der Waals surface area contributed by atoms with Crippen LogP contribution in [0.5, 0.6) is 0 Å². The molecule has 1 aliphatic carbocycles. The summed E-state index contributed by atoms with van der Waals surface area (Å²) in [6.07, 6.45) is 17.5. The average molecular weight is 769 g/mol. The monoisotopic (exact) mass is 769 g/mol. The van der Waals surface area contributed by atoms with Crippen molar-refractivity contribution in [2.45, 2.75) is 224 Å². The molecule has 0 aromatic rings. The summed E-state index contributed by atoms with van der Waals surface area (Å²) in [5.41, 5.74) is 0. The highest BCUT2D eigenvalue weighted by Gasteiger charge is 2.51. The Morgan fingerprint density at radius 2 is 0.904 bits per heavy atom.